The molecular formula is C17H23F3N2O3. The molecule has 0 aromatic heterocycles. The van der Waals surface area contributed by atoms with Crippen molar-refractivity contribution in [2.75, 3.05) is 6.54 Å². The highest BCUT2D eigenvalue weighted by molar-refractivity contribution is 5.77. The SMILES string of the molecule is CC(NC(=O)CCNC(=O)OC(C)(C)C)c1cccc(C(F)(F)F)c1. The van der Waals surface area contributed by atoms with E-state index in [4.69, 9.17) is 4.74 Å². The van der Waals surface area contributed by atoms with E-state index < -0.39 is 29.5 Å². The second-order valence-electron chi connectivity index (χ2n) is 6.59. The minimum Gasteiger partial charge on any atom is -0.444 e. The fraction of sp³-hybridized carbons (Fsp3) is 0.529. The molecule has 0 heterocycles. The van der Waals surface area contributed by atoms with Crippen molar-refractivity contribution in [3.05, 3.63) is 35.4 Å². The lowest BCUT2D eigenvalue weighted by Crippen LogP contribution is -2.35. The second-order valence-corrected chi connectivity index (χ2v) is 6.59. The number of nitrogens with one attached hydrogen (secondary N) is 2. The van der Waals surface area contributed by atoms with Crippen LogP contribution < -0.4 is 10.6 Å². The third-order valence-electron chi connectivity index (χ3n) is 3.11. The molecule has 5 nitrogen and oxygen atoms in total. The number of hydrogen-bond acceptors (Lipinski definition) is 3. The summed E-state index contributed by atoms with van der Waals surface area (Å²) in [5.41, 5.74) is -1.05. The van der Waals surface area contributed by atoms with Gasteiger partial charge in [0.25, 0.3) is 0 Å². The molecule has 1 atom stereocenters. The Morgan fingerprint density at radius 1 is 1.20 bits per heavy atom. The Bertz CT molecular complexity index is 610. The van der Waals surface area contributed by atoms with E-state index in [1.165, 1.54) is 12.1 Å². The number of benzene rings is 1. The molecule has 8 heteroatoms. The summed E-state index contributed by atoms with van der Waals surface area (Å²) in [6.45, 7) is 6.81. The van der Waals surface area contributed by atoms with Crippen LogP contribution in [0.3, 0.4) is 0 Å². The number of halogens is 3. The Morgan fingerprint density at radius 2 is 1.84 bits per heavy atom. The lowest BCUT2D eigenvalue weighted by Gasteiger charge is -2.20. The molecule has 0 aliphatic rings. The van der Waals surface area contributed by atoms with Crippen LogP contribution in [-0.4, -0.2) is 24.1 Å². The highest BCUT2D eigenvalue weighted by atomic mass is 19.4. The first-order valence-electron chi connectivity index (χ1n) is 7.82. The van der Waals surface area contributed by atoms with Crippen LogP contribution in [-0.2, 0) is 15.7 Å². The van der Waals surface area contributed by atoms with Gasteiger partial charge in [0.15, 0.2) is 0 Å². The molecule has 25 heavy (non-hydrogen) atoms. The quantitative estimate of drug-likeness (QED) is 0.839. The van der Waals surface area contributed by atoms with Gasteiger partial charge in [-0.25, -0.2) is 4.79 Å². The Balaban J connectivity index is 2.48. The first kappa shape index (κ1) is 20.8. The van der Waals surface area contributed by atoms with Crippen LogP contribution in [0.15, 0.2) is 24.3 Å². The zero-order chi connectivity index (χ0) is 19.3. The zero-order valence-corrected chi connectivity index (χ0v) is 14.7. The molecule has 1 aromatic rings. The van der Waals surface area contributed by atoms with Gasteiger partial charge in [-0.2, -0.15) is 13.2 Å². The molecule has 0 spiro atoms. The molecular weight excluding hydrogens is 337 g/mol. The van der Waals surface area contributed by atoms with E-state index in [-0.39, 0.29) is 18.9 Å². The van der Waals surface area contributed by atoms with Gasteiger partial charge in [0.05, 0.1) is 11.6 Å². The van der Waals surface area contributed by atoms with Crippen molar-refractivity contribution in [2.45, 2.75) is 51.9 Å². The molecule has 0 fully saturated rings. The molecule has 140 valence electrons. The van der Waals surface area contributed by atoms with E-state index in [1.54, 1.807) is 27.7 Å². The van der Waals surface area contributed by atoms with E-state index in [0.717, 1.165) is 12.1 Å². The standard InChI is InChI=1S/C17H23F3N2O3/c1-11(12-6-5-7-13(10-12)17(18,19)20)22-14(23)8-9-21-15(24)25-16(2,3)4/h5-7,10-11H,8-9H2,1-4H3,(H,21,24)(H,22,23). The molecule has 0 bridgehead atoms. The van der Waals surface area contributed by atoms with Gasteiger partial charge in [0.1, 0.15) is 5.60 Å². The molecule has 0 saturated carbocycles. The van der Waals surface area contributed by atoms with Gasteiger partial charge in [-0.15, -0.1) is 0 Å². The van der Waals surface area contributed by atoms with Crippen LogP contribution in [0, 0.1) is 0 Å². The maximum Gasteiger partial charge on any atom is 0.416 e. The van der Waals surface area contributed by atoms with Gasteiger partial charge in [-0.3, -0.25) is 4.79 Å². The third-order valence-corrected chi connectivity index (χ3v) is 3.11. The smallest absolute Gasteiger partial charge is 0.416 e. The summed E-state index contributed by atoms with van der Waals surface area (Å²) in [6, 6.07) is 4.20. The number of alkyl halides is 3. The number of rotatable bonds is 5. The molecule has 2 N–H and O–H groups in total. The average molecular weight is 360 g/mol. The van der Waals surface area contributed by atoms with Gasteiger partial charge in [-0.1, -0.05) is 12.1 Å². The number of carbonyl (C=O) groups excluding carboxylic acids is 2. The van der Waals surface area contributed by atoms with Gasteiger partial charge >= 0.3 is 12.3 Å². The second kappa shape index (κ2) is 8.22. The topological polar surface area (TPSA) is 67.4 Å². The number of hydrogen-bond donors (Lipinski definition) is 2. The Hall–Kier alpha value is -2.25. The number of alkyl carbamates (subject to hydrolysis) is 1. The van der Waals surface area contributed by atoms with Gasteiger partial charge in [0, 0.05) is 13.0 Å². The van der Waals surface area contributed by atoms with Crippen molar-refractivity contribution in [3.8, 4) is 0 Å². The summed E-state index contributed by atoms with van der Waals surface area (Å²) in [5.74, 6) is -0.388. The first-order chi connectivity index (χ1) is 11.4. The number of ether oxygens (including phenoxy) is 1. The van der Waals surface area contributed by atoms with E-state index in [9.17, 15) is 22.8 Å². The predicted molar refractivity (Wildman–Crippen MR) is 86.9 cm³/mol. The van der Waals surface area contributed by atoms with E-state index in [2.05, 4.69) is 10.6 Å². The average Bonchev–Trinajstić information content (AvgIpc) is 2.44. The Morgan fingerprint density at radius 3 is 2.40 bits per heavy atom. The highest BCUT2D eigenvalue weighted by Gasteiger charge is 2.30. The number of amides is 2. The van der Waals surface area contributed by atoms with Crippen LogP contribution in [0.5, 0.6) is 0 Å². The van der Waals surface area contributed by atoms with Crippen LogP contribution in [0.25, 0.3) is 0 Å². The first-order valence-corrected chi connectivity index (χ1v) is 7.82. The summed E-state index contributed by atoms with van der Waals surface area (Å²) in [5, 5.41) is 5.04. The summed E-state index contributed by atoms with van der Waals surface area (Å²) < 4.78 is 43.2. The lowest BCUT2D eigenvalue weighted by atomic mass is 10.0. The van der Waals surface area contributed by atoms with Crippen molar-refractivity contribution in [2.24, 2.45) is 0 Å². The fourth-order valence-electron chi connectivity index (χ4n) is 1.97. The van der Waals surface area contributed by atoms with Crippen molar-refractivity contribution < 1.29 is 27.5 Å². The molecule has 1 aromatic carbocycles. The van der Waals surface area contributed by atoms with Crippen molar-refractivity contribution in [1.29, 1.82) is 0 Å². The summed E-state index contributed by atoms with van der Waals surface area (Å²) >= 11 is 0. The van der Waals surface area contributed by atoms with Crippen molar-refractivity contribution in [1.82, 2.24) is 10.6 Å². The predicted octanol–water partition coefficient (Wildman–Crippen LogP) is 3.80. The molecule has 0 aliphatic heterocycles. The van der Waals surface area contributed by atoms with E-state index in [0.29, 0.717) is 5.56 Å². The van der Waals surface area contributed by atoms with Gasteiger partial charge < -0.3 is 15.4 Å². The molecule has 1 rings (SSSR count). The fourth-order valence-corrected chi connectivity index (χ4v) is 1.97. The highest BCUT2D eigenvalue weighted by Crippen LogP contribution is 2.30. The number of carbonyl (C=O) groups is 2. The summed E-state index contributed by atoms with van der Waals surface area (Å²) in [4.78, 5) is 23.3. The third kappa shape index (κ3) is 7.91. The molecule has 0 saturated heterocycles. The van der Waals surface area contributed by atoms with Crippen LogP contribution in [0.2, 0.25) is 0 Å². The van der Waals surface area contributed by atoms with Gasteiger partial charge in [0.2, 0.25) is 5.91 Å². The molecule has 0 aliphatic carbocycles. The maximum atomic E-state index is 12.7. The minimum atomic E-state index is -4.43. The largest absolute Gasteiger partial charge is 0.444 e. The maximum absolute atomic E-state index is 12.7. The van der Waals surface area contributed by atoms with Crippen LogP contribution >= 0.6 is 0 Å². The van der Waals surface area contributed by atoms with Gasteiger partial charge in [-0.05, 0) is 45.4 Å². The monoisotopic (exact) mass is 360 g/mol. The Labute approximate surface area is 144 Å². The molecule has 1 unspecified atom stereocenters. The summed E-state index contributed by atoms with van der Waals surface area (Å²) in [7, 11) is 0. The lowest BCUT2D eigenvalue weighted by molar-refractivity contribution is -0.137. The summed E-state index contributed by atoms with van der Waals surface area (Å²) in [6.07, 6.45) is -5.08. The van der Waals surface area contributed by atoms with E-state index >= 15 is 0 Å². The molecule has 2 amide bonds. The van der Waals surface area contributed by atoms with E-state index in [1.807, 2.05) is 0 Å². The van der Waals surface area contributed by atoms with Crippen molar-refractivity contribution >= 4 is 12.0 Å². The Kier molecular flexibility index (Phi) is 6.84. The van der Waals surface area contributed by atoms with Crippen LogP contribution in [0.4, 0.5) is 18.0 Å². The minimum absolute atomic E-state index is 0.0114. The normalized spacial score (nSPS) is 13.1. The van der Waals surface area contributed by atoms with Crippen LogP contribution in [0.1, 0.15) is 51.3 Å². The zero-order valence-electron chi connectivity index (χ0n) is 14.7. The van der Waals surface area contributed by atoms with Crippen molar-refractivity contribution in [3.63, 3.8) is 0 Å². The molecule has 0 radical (unpaired) electrons.